The number of nitrogens with zero attached hydrogens (tertiary/aromatic N) is 1. The van der Waals surface area contributed by atoms with Crippen molar-refractivity contribution in [2.75, 3.05) is 25.1 Å². The molecule has 4 nitrogen and oxygen atoms in total. The third-order valence-corrected chi connectivity index (χ3v) is 3.34. The Labute approximate surface area is 95.1 Å². The molecule has 0 aliphatic carbocycles. The van der Waals surface area contributed by atoms with E-state index < -0.39 is 0 Å². The van der Waals surface area contributed by atoms with Gasteiger partial charge in [0.1, 0.15) is 12.1 Å². The average molecular weight is 304 g/mol. The van der Waals surface area contributed by atoms with Crippen LogP contribution in [0.4, 0.5) is 5.82 Å². The third-order valence-electron chi connectivity index (χ3n) is 2.49. The lowest BCUT2D eigenvalue weighted by atomic mass is 9.97. The first-order valence-corrected chi connectivity index (χ1v) is 5.50. The van der Waals surface area contributed by atoms with Crippen LogP contribution in [0.5, 0.6) is 5.75 Å². The molecule has 3 rings (SSSR count). The maximum Gasteiger partial charge on any atom is 0.175 e. The highest BCUT2D eigenvalue weighted by Gasteiger charge is 2.43. The number of fused-ring (bicyclic) bond motifs is 1. The summed E-state index contributed by atoms with van der Waals surface area (Å²) in [4.78, 5) is 4.26. The molecule has 1 spiro atoms. The van der Waals surface area contributed by atoms with Gasteiger partial charge >= 0.3 is 0 Å². The van der Waals surface area contributed by atoms with Crippen LogP contribution in [-0.4, -0.2) is 30.3 Å². The predicted octanol–water partition coefficient (Wildman–Crippen LogP) is 1.26. The quantitative estimate of drug-likeness (QED) is 0.733. The van der Waals surface area contributed by atoms with Gasteiger partial charge in [0.05, 0.1) is 16.8 Å². The van der Waals surface area contributed by atoms with E-state index in [9.17, 15) is 0 Å². The SMILES string of the molecule is Ic1ccnc2c1OCC1(COC1)N2. The fraction of sp³-hybridized carbons (Fsp3) is 0.444. The monoisotopic (exact) mass is 304 g/mol. The van der Waals surface area contributed by atoms with Gasteiger partial charge in [0.25, 0.3) is 0 Å². The lowest BCUT2D eigenvalue weighted by Crippen LogP contribution is -2.61. The molecule has 5 heteroatoms. The predicted molar refractivity (Wildman–Crippen MR) is 59.6 cm³/mol. The van der Waals surface area contributed by atoms with Crippen molar-refractivity contribution in [3.63, 3.8) is 0 Å². The molecule has 2 aliphatic rings. The molecule has 0 amide bonds. The summed E-state index contributed by atoms with van der Waals surface area (Å²) in [5, 5.41) is 3.38. The molecular formula is C9H9IN2O2. The minimum atomic E-state index is -0.0234. The molecule has 0 saturated carbocycles. The molecule has 0 unspecified atom stereocenters. The number of hydrogen-bond donors (Lipinski definition) is 1. The summed E-state index contributed by atoms with van der Waals surface area (Å²) in [6.07, 6.45) is 1.79. The Morgan fingerprint density at radius 3 is 3.00 bits per heavy atom. The molecule has 1 saturated heterocycles. The summed E-state index contributed by atoms with van der Waals surface area (Å²) in [6, 6.07) is 1.94. The summed E-state index contributed by atoms with van der Waals surface area (Å²) in [5.74, 6) is 1.71. The van der Waals surface area contributed by atoms with E-state index in [1.54, 1.807) is 6.20 Å². The van der Waals surface area contributed by atoms with Gasteiger partial charge in [-0.05, 0) is 28.7 Å². The van der Waals surface area contributed by atoms with Gasteiger partial charge < -0.3 is 14.8 Å². The zero-order valence-electron chi connectivity index (χ0n) is 7.42. The van der Waals surface area contributed by atoms with Crippen LogP contribution >= 0.6 is 22.6 Å². The zero-order chi connectivity index (χ0) is 9.60. The topological polar surface area (TPSA) is 43.4 Å². The number of ether oxygens (including phenoxy) is 2. The van der Waals surface area contributed by atoms with E-state index in [2.05, 4.69) is 32.9 Å². The van der Waals surface area contributed by atoms with Gasteiger partial charge in [0.2, 0.25) is 0 Å². The maximum atomic E-state index is 5.70. The molecule has 3 heterocycles. The third kappa shape index (κ3) is 1.18. The van der Waals surface area contributed by atoms with Gasteiger partial charge in [-0.2, -0.15) is 0 Å². The van der Waals surface area contributed by atoms with Crippen molar-refractivity contribution in [3.8, 4) is 5.75 Å². The molecule has 1 aromatic rings. The van der Waals surface area contributed by atoms with E-state index in [0.29, 0.717) is 19.8 Å². The highest BCUT2D eigenvalue weighted by Crippen LogP contribution is 2.36. The van der Waals surface area contributed by atoms with Gasteiger partial charge in [-0.3, -0.25) is 0 Å². The lowest BCUT2D eigenvalue weighted by molar-refractivity contribution is -0.0648. The summed E-state index contributed by atoms with van der Waals surface area (Å²) in [5.41, 5.74) is -0.0234. The second kappa shape index (κ2) is 2.96. The molecule has 0 aromatic carbocycles. The average Bonchev–Trinajstić information content (AvgIpc) is 2.15. The first kappa shape index (κ1) is 8.72. The van der Waals surface area contributed by atoms with Gasteiger partial charge in [0.15, 0.2) is 11.6 Å². The van der Waals surface area contributed by atoms with Crippen molar-refractivity contribution in [3.05, 3.63) is 15.8 Å². The van der Waals surface area contributed by atoms with Gasteiger partial charge in [0, 0.05) is 6.20 Å². The molecular weight excluding hydrogens is 295 g/mol. The molecule has 1 N–H and O–H groups in total. The van der Waals surface area contributed by atoms with E-state index in [0.717, 1.165) is 15.1 Å². The van der Waals surface area contributed by atoms with E-state index in [1.807, 2.05) is 6.07 Å². The zero-order valence-corrected chi connectivity index (χ0v) is 9.58. The van der Waals surface area contributed by atoms with Gasteiger partial charge in [-0.1, -0.05) is 0 Å². The van der Waals surface area contributed by atoms with Crippen LogP contribution in [0.2, 0.25) is 0 Å². The van der Waals surface area contributed by atoms with Crippen molar-refractivity contribution in [1.82, 2.24) is 4.98 Å². The number of anilines is 1. The number of hydrogen-bond acceptors (Lipinski definition) is 4. The molecule has 74 valence electrons. The van der Waals surface area contributed by atoms with Crippen molar-refractivity contribution in [2.24, 2.45) is 0 Å². The van der Waals surface area contributed by atoms with Gasteiger partial charge in [-0.15, -0.1) is 0 Å². The summed E-state index contributed by atoms with van der Waals surface area (Å²) in [7, 11) is 0. The van der Waals surface area contributed by atoms with Crippen molar-refractivity contribution >= 4 is 28.4 Å². The fourth-order valence-electron chi connectivity index (χ4n) is 1.65. The van der Waals surface area contributed by atoms with Crippen LogP contribution in [0.15, 0.2) is 12.3 Å². The molecule has 0 atom stereocenters. The molecule has 1 fully saturated rings. The van der Waals surface area contributed by atoms with E-state index in [-0.39, 0.29) is 5.54 Å². The Hall–Kier alpha value is -0.560. The van der Waals surface area contributed by atoms with E-state index >= 15 is 0 Å². The number of nitrogens with one attached hydrogen (secondary N) is 1. The summed E-state index contributed by atoms with van der Waals surface area (Å²) < 4.78 is 12.0. The Morgan fingerprint density at radius 1 is 1.43 bits per heavy atom. The number of aromatic nitrogens is 1. The van der Waals surface area contributed by atoms with Gasteiger partial charge in [-0.25, -0.2) is 4.98 Å². The first-order chi connectivity index (χ1) is 6.79. The lowest BCUT2D eigenvalue weighted by Gasteiger charge is -2.44. The normalized spacial score (nSPS) is 21.8. The molecule has 14 heavy (non-hydrogen) atoms. The van der Waals surface area contributed by atoms with Crippen LogP contribution in [-0.2, 0) is 4.74 Å². The van der Waals surface area contributed by atoms with Crippen molar-refractivity contribution < 1.29 is 9.47 Å². The highest BCUT2D eigenvalue weighted by molar-refractivity contribution is 14.1. The van der Waals surface area contributed by atoms with E-state index in [4.69, 9.17) is 9.47 Å². The minimum absolute atomic E-state index is 0.0234. The van der Waals surface area contributed by atoms with Crippen LogP contribution in [0.3, 0.4) is 0 Å². The molecule has 2 aliphatic heterocycles. The largest absolute Gasteiger partial charge is 0.486 e. The Morgan fingerprint density at radius 2 is 2.29 bits per heavy atom. The molecule has 0 radical (unpaired) electrons. The summed E-state index contributed by atoms with van der Waals surface area (Å²) >= 11 is 2.25. The summed E-state index contributed by atoms with van der Waals surface area (Å²) in [6.45, 7) is 2.08. The highest BCUT2D eigenvalue weighted by atomic mass is 127. The Kier molecular flexibility index (Phi) is 1.85. The van der Waals surface area contributed by atoms with Crippen molar-refractivity contribution in [1.29, 1.82) is 0 Å². The molecule has 0 bridgehead atoms. The smallest absolute Gasteiger partial charge is 0.175 e. The number of pyridine rings is 1. The van der Waals surface area contributed by atoms with Crippen LogP contribution in [0.25, 0.3) is 0 Å². The van der Waals surface area contributed by atoms with Crippen molar-refractivity contribution in [2.45, 2.75) is 5.54 Å². The minimum Gasteiger partial charge on any atom is -0.486 e. The number of rotatable bonds is 0. The second-order valence-electron chi connectivity index (χ2n) is 3.66. The van der Waals surface area contributed by atoms with Crippen LogP contribution < -0.4 is 10.1 Å². The Balaban J connectivity index is 1.98. The fourth-order valence-corrected chi connectivity index (χ4v) is 2.22. The van der Waals surface area contributed by atoms with Crippen LogP contribution in [0.1, 0.15) is 0 Å². The van der Waals surface area contributed by atoms with E-state index in [1.165, 1.54) is 0 Å². The first-order valence-electron chi connectivity index (χ1n) is 4.42. The second-order valence-corrected chi connectivity index (χ2v) is 4.82. The Bertz CT molecular complexity index is 379. The van der Waals surface area contributed by atoms with Crippen LogP contribution in [0, 0.1) is 3.57 Å². The standard InChI is InChI=1S/C9H9IN2O2/c10-6-1-2-11-8-7(6)14-5-9(12-8)3-13-4-9/h1-2H,3-5H2,(H,11,12). The molecule has 1 aromatic heterocycles. The number of halogens is 1. The maximum absolute atomic E-state index is 5.70.